The van der Waals surface area contributed by atoms with E-state index in [0.717, 1.165) is 36.0 Å². The van der Waals surface area contributed by atoms with Crippen molar-refractivity contribution in [1.82, 2.24) is 24.9 Å². The standard InChI is InChI=1S/C25H24F3N5O3/c1-14-6-16(23-30-21(36-31-23)13-32-12-18-8-19(32)9-29-18)7-17-11-33(24(34)22(14)17)10-15-2-4-20(5-3-15)35-25(26,27)28/h2-7,11,18-19,29,34H,8-10,12-13H2,1H3/t18-,19-/m0/s1. The second-order valence-corrected chi connectivity index (χ2v) is 9.47. The first-order valence-corrected chi connectivity index (χ1v) is 11.7. The number of benzene rings is 2. The highest BCUT2D eigenvalue weighted by molar-refractivity contribution is 5.93. The number of alkyl halides is 3. The van der Waals surface area contributed by atoms with Gasteiger partial charge in [0.2, 0.25) is 11.7 Å². The molecule has 0 saturated carbocycles. The lowest BCUT2D eigenvalue weighted by atomic mass is 10.1. The molecule has 2 atom stereocenters. The molecule has 2 aliphatic rings. The van der Waals surface area contributed by atoms with Crippen LogP contribution in [0.4, 0.5) is 13.2 Å². The normalized spacial score (nSPS) is 20.0. The third-order valence-electron chi connectivity index (χ3n) is 6.90. The molecule has 6 rings (SSSR count). The topological polar surface area (TPSA) is 88.6 Å². The van der Waals surface area contributed by atoms with Crippen molar-refractivity contribution < 1.29 is 27.5 Å². The molecular formula is C25H24F3N5O3. The Morgan fingerprint density at radius 1 is 1.19 bits per heavy atom. The summed E-state index contributed by atoms with van der Waals surface area (Å²) in [5.41, 5.74) is 2.35. The molecule has 2 aliphatic heterocycles. The molecule has 2 N–H and O–H groups in total. The van der Waals surface area contributed by atoms with Crippen LogP contribution in [0.5, 0.6) is 11.6 Å². The smallest absolute Gasteiger partial charge is 0.494 e. The van der Waals surface area contributed by atoms with Crippen LogP contribution in [0.25, 0.3) is 22.2 Å². The summed E-state index contributed by atoms with van der Waals surface area (Å²) in [5.74, 6) is 0.858. The predicted molar refractivity (Wildman–Crippen MR) is 124 cm³/mol. The highest BCUT2D eigenvalue weighted by atomic mass is 19.4. The minimum absolute atomic E-state index is 0.0798. The number of likely N-dealkylation sites (tertiary alicyclic amines) is 1. The number of aromatic nitrogens is 3. The Morgan fingerprint density at radius 3 is 2.69 bits per heavy atom. The van der Waals surface area contributed by atoms with Gasteiger partial charge in [0.15, 0.2) is 5.88 Å². The van der Waals surface area contributed by atoms with Crippen molar-refractivity contribution in [1.29, 1.82) is 0 Å². The van der Waals surface area contributed by atoms with E-state index in [-0.39, 0.29) is 18.2 Å². The van der Waals surface area contributed by atoms with Gasteiger partial charge in [0.1, 0.15) is 5.75 Å². The average molecular weight is 499 g/mol. The third-order valence-corrected chi connectivity index (χ3v) is 6.90. The zero-order valence-corrected chi connectivity index (χ0v) is 19.4. The summed E-state index contributed by atoms with van der Waals surface area (Å²) in [6, 6.07) is 10.4. The van der Waals surface area contributed by atoms with Crippen molar-refractivity contribution in [2.24, 2.45) is 0 Å². The number of rotatable bonds is 6. The summed E-state index contributed by atoms with van der Waals surface area (Å²) < 4.78 is 48.3. The third kappa shape index (κ3) is 4.40. The lowest BCUT2D eigenvalue weighted by Gasteiger charge is -2.25. The van der Waals surface area contributed by atoms with E-state index in [1.165, 1.54) is 24.3 Å². The molecule has 0 unspecified atom stereocenters. The van der Waals surface area contributed by atoms with Crippen molar-refractivity contribution >= 4 is 10.8 Å². The summed E-state index contributed by atoms with van der Waals surface area (Å²) in [7, 11) is 0. The van der Waals surface area contributed by atoms with E-state index in [1.54, 1.807) is 10.8 Å². The molecule has 2 fully saturated rings. The molecule has 2 aromatic heterocycles. The van der Waals surface area contributed by atoms with E-state index >= 15 is 0 Å². The van der Waals surface area contributed by atoms with Gasteiger partial charge in [-0.1, -0.05) is 17.3 Å². The molecule has 2 bridgehead atoms. The van der Waals surface area contributed by atoms with Crippen molar-refractivity contribution in [2.75, 3.05) is 13.1 Å². The highest BCUT2D eigenvalue weighted by Crippen LogP contribution is 2.35. The summed E-state index contributed by atoms with van der Waals surface area (Å²) >= 11 is 0. The van der Waals surface area contributed by atoms with Gasteiger partial charge in [0.25, 0.3) is 0 Å². The minimum Gasteiger partial charge on any atom is -0.494 e. The fraction of sp³-hybridized carbons (Fsp3) is 0.360. The van der Waals surface area contributed by atoms with Crippen LogP contribution in [-0.2, 0) is 13.1 Å². The van der Waals surface area contributed by atoms with Gasteiger partial charge < -0.3 is 24.3 Å². The van der Waals surface area contributed by atoms with E-state index in [0.29, 0.717) is 41.3 Å². The number of fused-ring (bicyclic) bond motifs is 3. The first kappa shape index (κ1) is 22.9. The second-order valence-electron chi connectivity index (χ2n) is 9.47. The van der Waals surface area contributed by atoms with Gasteiger partial charge >= 0.3 is 6.36 Å². The zero-order valence-electron chi connectivity index (χ0n) is 19.4. The number of hydrogen-bond donors (Lipinski definition) is 2. The number of aromatic hydroxyl groups is 1. The first-order chi connectivity index (χ1) is 17.2. The monoisotopic (exact) mass is 499 g/mol. The highest BCUT2D eigenvalue weighted by Gasteiger charge is 2.38. The first-order valence-electron chi connectivity index (χ1n) is 11.7. The summed E-state index contributed by atoms with van der Waals surface area (Å²) in [5, 5.41) is 20.0. The lowest BCUT2D eigenvalue weighted by molar-refractivity contribution is -0.274. The van der Waals surface area contributed by atoms with E-state index in [1.807, 2.05) is 19.1 Å². The minimum atomic E-state index is -4.74. The zero-order chi connectivity index (χ0) is 25.0. The second kappa shape index (κ2) is 8.52. The fourth-order valence-corrected chi connectivity index (χ4v) is 5.29. The quantitative estimate of drug-likeness (QED) is 0.411. The van der Waals surface area contributed by atoms with Gasteiger partial charge in [-0.05, 0) is 48.7 Å². The number of aryl methyl sites for hydroxylation is 1. The number of ether oxygens (including phenoxy) is 1. The molecule has 0 amide bonds. The van der Waals surface area contributed by atoms with Gasteiger partial charge in [-0.3, -0.25) is 4.90 Å². The van der Waals surface area contributed by atoms with Gasteiger partial charge in [-0.25, -0.2) is 0 Å². The van der Waals surface area contributed by atoms with Crippen LogP contribution >= 0.6 is 0 Å². The summed E-state index contributed by atoms with van der Waals surface area (Å²) in [4.78, 5) is 6.97. The fourth-order valence-electron chi connectivity index (χ4n) is 5.29. The van der Waals surface area contributed by atoms with Crippen LogP contribution in [0.3, 0.4) is 0 Å². The SMILES string of the molecule is Cc1cc(-c2noc(CN3C[C@@H]4C[C@H]3CN4)n2)cc2cn(Cc3ccc(OC(F)(F)F)cc3)c(O)c12. The van der Waals surface area contributed by atoms with Crippen LogP contribution in [0.2, 0.25) is 0 Å². The molecule has 2 aromatic carbocycles. The largest absolute Gasteiger partial charge is 0.573 e. The molecule has 36 heavy (non-hydrogen) atoms. The molecule has 4 aromatic rings. The maximum Gasteiger partial charge on any atom is 0.573 e. The van der Waals surface area contributed by atoms with Crippen LogP contribution in [0.15, 0.2) is 47.1 Å². The molecule has 11 heteroatoms. The molecule has 0 radical (unpaired) electrons. The van der Waals surface area contributed by atoms with Crippen LogP contribution in [-0.4, -0.2) is 56.2 Å². The maximum absolute atomic E-state index is 12.4. The molecule has 4 heterocycles. The Balaban J connectivity index is 1.22. The Labute approximate surface area is 204 Å². The van der Waals surface area contributed by atoms with Crippen molar-refractivity contribution in [3.05, 3.63) is 59.6 Å². The molecule has 2 saturated heterocycles. The van der Waals surface area contributed by atoms with E-state index in [9.17, 15) is 18.3 Å². The number of nitrogens with one attached hydrogen (secondary N) is 1. The van der Waals surface area contributed by atoms with Crippen LogP contribution in [0, 0.1) is 6.92 Å². The summed E-state index contributed by atoms with van der Waals surface area (Å²) in [6.07, 6.45) is -1.78. The van der Waals surface area contributed by atoms with Crippen molar-refractivity contribution in [3.63, 3.8) is 0 Å². The predicted octanol–water partition coefficient (Wildman–Crippen LogP) is 4.20. The van der Waals surface area contributed by atoms with E-state index < -0.39 is 6.36 Å². The van der Waals surface area contributed by atoms with Gasteiger partial charge in [0.05, 0.1) is 13.1 Å². The van der Waals surface area contributed by atoms with Crippen LogP contribution in [0.1, 0.15) is 23.4 Å². The van der Waals surface area contributed by atoms with Gasteiger partial charge in [0, 0.05) is 47.7 Å². The number of hydrogen-bond acceptors (Lipinski definition) is 7. The molecule has 0 spiro atoms. The molecular weight excluding hydrogens is 475 g/mol. The average Bonchev–Trinajstić information content (AvgIpc) is 3.60. The maximum atomic E-state index is 12.4. The number of piperazine rings is 1. The van der Waals surface area contributed by atoms with Crippen molar-refractivity contribution in [2.45, 2.75) is 44.9 Å². The molecule has 0 aliphatic carbocycles. The van der Waals surface area contributed by atoms with E-state index in [4.69, 9.17) is 4.52 Å². The van der Waals surface area contributed by atoms with Gasteiger partial charge in [-0.15, -0.1) is 13.2 Å². The lowest BCUT2D eigenvalue weighted by Crippen LogP contribution is -2.43. The van der Waals surface area contributed by atoms with Crippen molar-refractivity contribution in [3.8, 4) is 23.0 Å². The number of halogens is 3. The Hall–Kier alpha value is -3.57. The molecule has 188 valence electrons. The van der Waals surface area contributed by atoms with Gasteiger partial charge in [-0.2, -0.15) is 4.98 Å². The Kier molecular flexibility index (Phi) is 5.41. The Morgan fingerprint density at radius 2 is 2.00 bits per heavy atom. The van der Waals surface area contributed by atoms with Crippen LogP contribution < -0.4 is 10.1 Å². The Bertz CT molecular complexity index is 1410. The van der Waals surface area contributed by atoms with E-state index in [2.05, 4.69) is 25.1 Å². The molecule has 8 nitrogen and oxygen atoms in total. The number of nitrogens with zero attached hydrogens (tertiary/aromatic N) is 4. The summed E-state index contributed by atoms with van der Waals surface area (Å²) in [6.45, 7) is 4.78.